The Labute approximate surface area is 231 Å². The molecule has 0 aliphatic rings. The van der Waals surface area contributed by atoms with E-state index in [0.717, 1.165) is 11.1 Å². The molecule has 3 amide bonds. The van der Waals surface area contributed by atoms with Crippen molar-refractivity contribution in [2.75, 3.05) is 17.2 Å². The van der Waals surface area contributed by atoms with E-state index in [-0.39, 0.29) is 12.5 Å². The van der Waals surface area contributed by atoms with Crippen LogP contribution in [0.1, 0.15) is 23.7 Å². The third kappa shape index (κ3) is 5.84. The van der Waals surface area contributed by atoms with Crippen LogP contribution < -0.4 is 16.0 Å². The first-order valence-electron chi connectivity index (χ1n) is 13.1. The second-order valence-corrected chi connectivity index (χ2v) is 9.40. The lowest BCUT2D eigenvalue weighted by molar-refractivity contribution is 0.102. The summed E-state index contributed by atoms with van der Waals surface area (Å²) >= 11 is 0. The quantitative estimate of drug-likeness (QED) is 0.211. The number of anilines is 2. The maximum atomic E-state index is 14.0. The number of nitrogens with one attached hydrogen (secondary N) is 3. The number of carbonyl (C=O) groups is 2. The van der Waals surface area contributed by atoms with Gasteiger partial charge < -0.3 is 21.1 Å². The van der Waals surface area contributed by atoms with Crippen LogP contribution in [0.15, 0.2) is 91.1 Å². The number of nitrogens with zero attached hydrogens (tertiary/aromatic N) is 3. The van der Waals surface area contributed by atoms with Crippen LogP contribution in [0, 0.1) is 0 Å². The van der Waals surface area contributed by atoms with Gasteiger partial charge >= 0.3 is 6.03 Å². The molecular weight excluding hydrogens is 504 g/mol. The SMILES string of the molecule is CC[C@@H](O)CNC(=O)Nc1ccc2nc(-c3ccccc3)c(-c3ccccc3)c(C(=O)Nc3ccn(C)n3)c2c1. The average Bonchev–Trinajstić information content (AvgIpc) is 3.39. The molecule has 0 bridgehead atoms. The average molecular weight is 535 g/mol. The van der Waals surface area contributed by atoms with Gasteiger partial charge in [0.25, 0.3) is 5.91 Å². The van der Waals surface area contributed by atoms with Gasteiger partial charge in [0.05, 0.1) is 22.9 Å². The smallest absolute Gasteiger partial charge is 0.319 e. The molecule has 5 aromatic rings. The van der Waals surface area contributed by atoms with Gasteiger partial charge in [0.15, 0.2) is 5.82 Å². The van der Waals surface area contributed by atoms with E-state index in [4.69, 9.17) is 4.98 Å². The number of urea groups is 1. The number of carbonyl (C=O) groups excluding carboxylic acids is 2. The summed E-state index contributed by atoms with van der Waals surface area (Å²) in [4.78, 5) is 31.6. The minimum atomic E-state index is -0.627. The minimum Gasteiger partial charge on any atom is -0.391 e. The summed E-state index contributed by atoms with van der Waals surface area (Å²) in [5, 5.41) is 23.1. The topological polar surface area (TPSA) is 121 Å². The molecule has 4 N–H and O–H groups in total. The van der Waals surface area contributed by atoms with E-state index in [0.29, 0.717) is 45.6 Å². The first-order valence-corrected chi connectivity index (χ1v) is 13.1. The molecule has 0 fully saturated rings. The lowest BCUT2D eigenvalue weighted by atomic mass is 9.91. The number of hydrogen-bond acceptors (Lipinski definition) is 5. The molecule has 0 unspecified atom stereocenters. The maximum Gasteiger partial charge on any atom is 0.319 e. The Kier molecular flexibility index (Phi) is 7.84. The van der Waals surface area contributed by atoms with Crippen LogP contribution in [-0.2, 0) is 7.05 Å². The van der Waals surface area contributed by atoms with Crippen molar-refractivity contribution in [2.45, 2.75) is 19.4 Å². The van der Waals surface area contributed by atoms with Crippen LogP contribution in [0.2, 0.25) is 0 Å². The van der Waals surface area contributed by atoms with Gasteiger partial charge in [0.2, 0.25) is 0 Å². The number of aryl methyl sites for hydroxylation is 1. The molecule has 40 heavy (non-hydrogen) atoms. The van der Waals surface area contributed by atoms with E-state index < -0.39 is 12.1 Å². The van der Waals surface area contributed by atoms with Crippen molar-refractivity contribution in [1.82, 2.24) is 20.1 Å². The molecule has 0 aliphatic heterocycles. The minimum absolute atomic E-state index is 0.133. The van der Waals surface area contributed by atoms with Crippen molar-refractivity contribution in [3.8, 4) is 22.4 Å². The summed E-state index contributed by atoms with van der Waals surface area (Å²) in [6.07, 6.45) is 1.66. The highest BCUT2D eigenvalue weighted by Gasteiger charge is 2.24. The molecule has 202 valence electrons. The van der Waals surface area contributed by atoms with Crippen molar-refractivity contribution in [1.29, 1.82) is 0 Å². The first-order chi connectivity index (χ1) is 19.4. The van der Waals surface area contributed by atoms with Crippen LogP contribution in [0.25, 0.3) is 33.3 Å². The second-order valence-electron chi connectivity index (χ2n) is 9.40. The zero-order valence-corrected chi connectivity index (χ0v) is 22.3. The molecular formula is C31H30N6O3. The number of aliphatic hydroxyl groups is 1. The molecule has 0 saturated heterocycles. The Bertz CT molecular complexity index is 1650. The maximum absolute atomic E-state index is 14.0. The van der Waals surface area contributed by atoms with Gasteiger partial charge in [-0.25, -0.2) is 9.78 Å². The Morgan fingerprint density at radius 3 is 2.27 bits per heavy atom. The Morgan fingerprint density at radius 2 is 1.62 bits per heavy atom. The monoisotopic (exact) mass is 534 g/mol. The van der Waals surface area contributed by atoms with Crippen molar-refractivity contribution in [3.63, 3.8) is 0 Å². The van der Waals surface area contributed by atoms with Gasteiger partial charge in [-0.05, 0) is 30.2 Å². The number of rotatable bonds is 8. The highest BCUT2D eigenvalue weighted by Crippen LogP contribution is 2.38. The summed E-state index contributed by atoms with van der Waals surface area (Å²) in [6, 6.07) is 25.9. The van der Waals surface area contributed by atoms with Crippen molar-refractivity contribution >= 4 is 34.3 Å². The lowest BCUT2D eigenvalue weighted by Gasteiger charge is -2.18. The summed E-state index contributed by atoms with van der Waals surface area (Å²) in [7, 11) is 1.78. The molecule has 9 nitrogen and oxygen atoms in total. The molecule has 0 aliphatic carbocycles. The molecule has 0 spiro atoms. The van der Waals surface area contributed by atoms with E-state index >= 15 is 0 Å². The number of fused-ring (bicyclic) bond motifs is 1. The van der Waals surface area contributed by atoms with Crippen LogP contribution in [0.5, 0.6) is 0 Å². The normalized spacial score (nSPS) is 11.7. The van der Waals surface area contributed by atoms with Gasteiger partial charge in [-0.15, -0.1) is 0 Å². The summed E-state index contributed by atoms with van der Waals surface area (Å²) in [5.41, 5.74) is 4.51. The van der Waals surface area contributed by atoms with Crippen molar-refractivity contribution < 1.29 is 14.7 Å². The summed E-state index contributed by atoms with van der Waals surface area (Å²) in [6.45, 7) is 1.97. The number of aromatic nitrogens is 3. The predicted molar refractivity (Wildman–Crippen MR) is 157 cm³/mol. The molecule has 3 aromatic carbocycles. The third-order valence-electron chi connectivity index (χ3n) is 6.50. The highest BCUT2D eigenvalue weighted by atomic mass is 16.3. The van der Waals surface area contributed by atoms with Crippen LogP contribution in [-0.4, -0.2) is 44.5 Å². The molecule has 0 saturated carbocycles. The van der Waals surface area contributed by atoms with E-state index in [2.05, 4.69) is 21.0 Å². The molecule has 9 heteroatoms. The molecule has 0 radical (unpaired) electrons. The largest absolute Gasteiger partial charge is 0.391 e. The fourth-order valence-corrected chi connectivity index (χ4v) is 4.46. The van der Waals surface area contributed by atoms with E-state index in [1.165, 1.54) is 0 Å². The predicted octanol–water partition coefficient (Wildman–Crippen LogP) is 5.45. The van der Waals surface area contributed by atoms with Crippen LogP contribution in [0.3, 0.4) is 0 Å². The lowest BCUT2D eigenvalue weighted by Crippen LogP contribution is -2.34. The first kappa shape index (κ1) is 26.6. The zero-order chi connectivity index (χ0) is 28.1. The van der Waals surface area contributed by atoms with E-state index in [1.807, 2.05) is 67.6 Å². The molecule has 2 heterocycles. The number of hydrogen-bond donors (Lipinski definition) is 4. The van der Waals surface area contributed by atoms with Crippen LogP contribution in [0.4, 0.5) is 16.3 Å². The zero-order valence-electron chi connectivity index (χ0n) is 22.3. The number of pyridine rings is 1. The number of amides is 3. The van der Waals surface area contributed by atoms with Gasteiger partial charge in [-0.3, -0.25) is 9.48 Å². The van der Waals surface area contributed by atoms with E-state index in [1.54, 1.807) is 42.2 Å². The Hall–Kier alpha value is -5.02. The Morgan fingerprint density at radius 1 is 0.925 bits per heavy atom. The molecule has 2 aromatic heterocycles. The van der Waals surface area contributed by atoms with E-state index in [9.17, 15) is 14.7 Å². The Balaban J connectivity index is 1.69. The fraction of sp³-hybridized carbons (Fsp3) is 0.161. The van der Waals surface area contributed by atoms with Gasteiger partial charge in [-0.2, -0.15) is 5.10 Å². The third-order valence-corrected chi connectivity index (χ3v) is 6.50. The van der Waals surface area contributed by atoms with Crippen molar-refractivity contribution in [3.05, 3.63) is 96.7 Å². The summed E-state index contributed by atoms with van der Waals surface area (Å²) in [5.74, 6) is 0.0654. The van der Waals surface area contributed by atoms with Gasteiger partial charge in [0, 0.05) is 48.1 Å². The second kappa shape index (κ2) is 11.8. The molecule has 1 atom stereocenters. The number of aliphatic hydroxyl groups excluding tert-OH is 1. The highest BCUT2D eigenvalue weighted by molar-refractivity contribution is 6.19. The fourth-order valence-electron chi connectivity index (χ4n) is 4.46. The van der Waals surface area contributed by atoms with Crippen molar-refractivity contribution in [2.24, 2.45) is 7.05 Å². The van der Waals surface area contributed by atoms with Gasteiger partial charge in [-0.1, -0.05) is 67.6 Å². The summed E-state index contributed by atoms with van der Waals surface area (Å²) < 4.78 is 1.61. The molecule has 5 rings (SSSR count). The van der Waals surface area contributed by atoms with Crippen LogP contribution >= 0.6 is 0 Å². The standard InChI is InChI=1S/C31H30N6O3/c1-3-23(38)19-32-31(40)33-22-14-15-25-24(18-22)28(30(39)35-26-16-17-37(2)36-26)27(20-10-6-4-7-11-20)29(34-25)21-12-8-5-9-13-21/h4-18,23,38H,3,19H2,1-2H3,(H2,32,33,40)(H,35,36,39)/t23-/m1/s1. The van der Waals surface area contributed by atoms with Gasteiger partial charge in [0.1, 0.15) is 0 Å². The number of benzene rings is 3.